The van der Waals surface area contributed by atoms with Crippen molar-refractivity contribution in [3.63, 3.8) is 0 Å². The predicted octanol–water partition coefficient (Wildman–Crippen LogP) is 3.34. The molecule has 1 saturated heterocycles. The Balaban J connectivity index is 1.84. The smallest absolute Gasteiger partial charge is 0.336 e. The molecular weight excluding hydrogens is 403 g/mol. The van der Waals surface area contributed by atoms with Crippen LogP contribution in [0, 0.1) is 0 Å². The highest BCUT2D eigenvalue weighted by Gasteiger charge is 2.28. The van der Waals surface area contributed by atoms with Crippen molar-refractivity contribution >= 4 is 46.0 Å². The third-order valence-corrected chi connectivity index (χ3v) is 5.84. The highest BCUT2D eigenvalue weighted by molar-refractivity contribution is 6.43. The van der Waals surface area contributed by atoms with Gasteiger partial charge in [-0.2, -0.15) is 5.10 Å². The third kappa shape index (κ3) is 3.28. The second-order valence-corrected chi connectivity index (χ2v) is 7.97. The SMILES string of the molecule is CC1(N)CCN(c2cc(C(=O)O)c3c(-c4ccnc(Cl)c4Cl)n[nH]c3n2)CC1. The maximum atomic E-state index is 12.0. The molecule has 0 bridgehead atoms. The molecule has 1 aliphatic heterocycles. The Morgan fingerprint density at radius 1 is 1.36 bits per heavy atom. The normalized spacial score (nSPS) is 16.5. The molecule has 0 aromatic carbocycles. The van der Waals surface area contributed by atoms with Crippen LogP contribution in [0.2, 0.25) is 10.2 Å². The van der Waals surface area contributed by atoms with Gasteiger partial charge in [-0.05, 0) is 31.9 Å². The minimum absolute atomic E-state index is 0.0915. The number of nitrogens with one attached hydrogen (secondary N) is 1. The Labute approximate surface area is 170 Å². The van der Waals surface area contributed by atoms with Crippen molar-refractivity contribution in [3.8, 4) is 11.3 Å². The summed E-state index contributed by atoms with van der Waals surface area (Å²) >= 11 is 12.3. The second-order valence-electron chi connectivity index (χ2n) is 7.23. The molecule has 28 heavy (non-hydrogen) atoms. The zero-order valence-corrected chi connectivity index (χ0v) is 16.5. The molecule has 1 aliphatic rings. The van der Waals surface area contributed by atoms with Crippen molar-refractivity contribution in [2.45, 2.75) is 25.3 Å². The lowest BCUT2D eigenvalue weighted by Crippen LogP contribution is -2.48. The van der Waals surface area contributed by atoms with Crippen LogP contribution < -0.4 is 10.6 Å². The first kappa shape index (κ1) is 18.9. The van der Waals surface area contributed by atoms with Crippen LogP contribution in [0.3, 0.4) is 0 Å². The molecule has 0 unspecified atom stereocenters. The average Bonchev–Trinajstić information content (AvgIpc) is 3.07. The quantitative estimate of drug-likeness (QED) is 0.555. The van der Waals surface area contributed by atoms with Gasteiger partial charge in [0.1, 0.15) is 16.7 Å². The molecule has 0 atom stereocenters. The van der Waals surface area contributed by atoms with Crippen molar-refractivity contribution in [1.82, 2.24) is 20.2 Å². The van der Waals surface area contributed by atoms with Gasteiger partial charge in [-0.1, -0.05) is 23.2 Å². The number of nitrogens with zero attached hydrogens (tertiary/aromatic N) is 4. The third-order valence-electron chi connectivity index (χ3n) is 5.08. The fraction of sp³-hybridized carbons (Fsp3) is 0.333. The number of aromatic nitrogens is 4. The number of fused-ring (bicyclic) bond motifs is 1. The van der Waals surface area contributed by atoms with Crippen LogP contribution in [0.15, 0.2) is 18.3 Å². The van der Waals surface area contributed by atoms with Crippen molar-refractivity contribution < 1.29 is 9.90 Å². The van der Waals surface area contributed by atoms with Gasteiger partial charge in [0.05, 0.1) is 16.0 Å². The molecule has 3 aromatic heterocycles. The molecule has 4 heterocycles. The monoisotopic (exact) mass is 420 g/mol. The van der Waals surface area contributed by atoms with Gasteiger partial charge in [0.15, 0.2) is 5.65 Å². The van der Waals surface area contributed by atoms with Crippen molar-refractivity contribution in [2.24, 2.45) is 5.73 Å². The molecule has 4 N–H and O–H groups in total. The molecule has 10 heteroatoms. The van der Waals surface area contributed by atoms with E-state index >= 15 is 0 Å². The number of hydrogen-bond donors (Lipinski definition) is 3. The van der Waals surface area contributed by atoms with Gasteiger partial charge in [0, 0.05) is 30.4 Å². The van der Waals surface area contributed by atoms with Gasteiger partial charge in [-0.3, -0.25) is 5.10 Å². The Morgan fingerprint density at radius 2 is 2.07 bits per heavy atom. The van der Waals surface area contributed by atoms with Crippen molar-refractivity contribution in [1.29, 1.82) is 0 Å². The number of carboxylic acids is 1. The van der Waals surface area contributed by atoms with E-state index in [0.29, 0.717) is 41.2 Å². The number of halogens is 2. The minimum Gasteiger partial charge on any atom is -0.478 e. The molecule has 4 rings (SSSR count). The Hall–Kier alpha value is -2.42. The topological polar surface area (TPSA) is 121 Å². The van der Waals surface area contributed by atoms with E-state index < -0.39 is 5.97 Å². The largest absolute Gasteiger partial charge is 0.478 e. The fourth-order valence-electron chi connectivity index (χ4n) is 3.39. The van der Waals surface area contributed by atoms with Gasteiger partial charge in [0.25, 0.3) is 0 Å². The first-order chi connectivity index (χ1) is 13.3. The maximum Gasteiger partial charge on any atom is 0.336 e. The number of carboxylic acid groups (broad SMARTS) is 1. The zero-order valence-electron chi connectivity index (χ0n) is 15.0. The molecule has 0 amide bonds. The lowest BCUT2D eigenvalue weighted by atomic mass is 9.91. The van der Waals surface area contributed by atoms with Crippen LogP contribution in [0.25, 0.3) is 22.3 Å². The minimum atomic E-state index is -1.08. The van der Waals surface area contributed by atoms with Crippen molar-refractivity contribution in [2.75, 3.05) is 18.0 Å². The summed E-state index contributed by atoms with van der Waals surface area (Å²) in [5.41, 5.74) is 7.30. The summed E-state index contributed by atoms with van der Waals surface area (Å²) in [5.74, 6) is -0.497. The Kier molecular flexibility index (Phi) is 4.65. The highest BCUT2D eigenvalue weighted by atomic mass is 35.5. The first-order valence-corrected chi connectivity index (χ1v) is 9.49. The molecule has 3 aromatic rings. The average molecular weight is 421 g/mol. The number of H-pyrrole nitrogens is 1. The van der Waals surface area contributed by atoms with E-state index in [1.54, 1.807) is 12.1 Å². The van der Waals surface area contributed by atoms with E-state index in [4.69, 9.17) is 28.9 Å². The summed E-state index contributed by atoms with van der Waals surface area (Å²) in [6.45, 7) is 3.43. The lowest BCUT2D eigenvalue weighted by Gasteiger charge is -2.37. The molecule has 146 valence electrons. The van der Waals surface area contributed by atoms with Crippen molar-refractivity contribution in [3.05, 3.63) is 34.1 Å². The van der Waals surface area contributed by atoms with Gasteiger partial charge >= 0.3 is 5.97 Å². The van der Waals surface area contributed by atoms with E-state index in [1.165, 1.54) is 6.20 Å². The Bertz CT molecular complexity index is 1070. The number of piperidine rings is 1. The van der Waals surface area contributed by atoms with Gasteiger partial charge in [0.2, 0.25) is 0 Å². The molecule has 0 spiro atoms. The first-order valence-electron chi connectivity index (χ1n) is 8.73. The molecule has 8 nitrogen and oxygen atoms in total. The number of nitrogens with two attached hydrogens (primary N) is 1. The molecular formula is C18H18Cl2N6O2. The highest BCUT2D eigenvalue weighted by Crippen LogP contribution is 2.37. The van der Waals surface area contributed by atoms with E-state index in [1.807, 2.05) is 11.8 Å². The van der Waals surface area contributed by atoms with E-state index in [-0.39, 0.29) is 21.3 Å². The van der Waals surface area contributed by atoms with Crippen LogP contribution in [-0.4, -0.2) is 49.9 Å². The Morgan fingerprint density at radius 3 is 2.75 bits per heavy atom. The van der Waals surface area contributed by atoms with Crippen LogP contribution in [0.5, 0.6) is 0 Å². The second kappa shape index (κ2) is 6.88. The van der Waals surface area contributed by atoms with Gasteiger partial charge < -0.3 is 15.7 Å². The predicted molar refractivity (Wildman–Crippen MR) is 108 cm³/mol. The standard InChI is InChI=1S/C18H18Cl2N6O2/c1-18(21)3-6-26(7-4-18)11-8-10(17(27)28)12-14(24-25-16(12)23-11)9-2-5-22-15(20)13(9)19/h2,5,8H,3-4,6-7,21H2,1H3,(H,27,28)(H,23,24,25). The lowest BCUT2D eigenvalue weighted by molar-refractivity contribution is 0.0699. The summed E-state index contributed by atoms with van der Waals surface area (Å²) < 4.78 is 0. The summed E-state index contributed by atoms with van der Waals surface area (Å²) in [5, 5.41) is 17.6. The number of hydrogen-bond acceptors (Lipinski definition) is 6. The number of anilines is 1. The summed E-state index contributed by atoms with van der Waals surface area (Å²) in [4.78, 5) is 22.6. The number of pyridine rings is 2. The summed E-state index contributed by atoms with van der Waals surface area (Å²) in [6, 6.07) is 3.20. The van der Waals surface area contributed by atoms with Crippen LogP contribution in [0.4, 0.5) is 5.82 Å². The van der Waals surface area contributed by atoms with Gasteiger partial charge in [-0.25, -0.2) is 14.8 Å². The molecule has 0 radical (unpaired) electrons. The van der Waals surface area contributed by atoms with Crippen LogP contribution in [-0.2, 0) is 0 Å². The number of carbonyl (C=O) groups is 1. The summed E-state index contributed by atoms with van der Waals surface area (Å²) in [7, 11) is 0. The fourth-order valence-corrected chi connectivity index (χ4v) is 3.75. The molecule has 0 aliphatic carbocycles. The number of rotatable bonds is 3. The summed E-state index contributed by atoms with van der Waals surface area (Å²) in [6.07, 6.45) is 3.09. The number of aromatic amines is 1. The molecule has 0 saturated carbocycles. The van der Waals surface area contributed by atoms with E-state index in [2.05, 4.69) is 20.2 Å². The van der Waals surface area contributed by atoms with E-state index in [0.717, 1.165) is 12.8 Å². The number of aromatic carboxylic acids is 1. The zero-order chi connectivity index (χ0) is 20.1. The van der Waals surface area contributed by atoms with Gasteiger partial charge in [-0.15, -0.1) is 0 Å². The van der Waals surface area contributed by atoms with E-state index in [9.17, 15) is 9.90 Å². The van der Waals surface area contributed by atoms with Crippen LogP contribution in [0.1, 0.15) is 30.1 Å². The molecule has 1 fully saturated rings. The maximum absolute atomic E-state index is 12.0. The van der Waals surface area contributed by atoms with Crippen LogP contribution >= 0.6 is 23.2 Å².